The van der Waals surface area contributed by atoms with Crippen LogP contribution in [0.1, 0.15) is 41.5 Å². The van der Waals surface area contributed by atoms with E-state index in [9.17, 15) is 4.79 Å². The van der Waals surface area contributed by atoms with Crippen LogP contribution in [-0.4, -0.2) is 16.6 Å². The van der Waals surface area contributed by atoms with Crippen LogP contribution in [0.25, 0.3) is 10.9 Å². The zero-order valence-electron chi connectivity index (χ0n) is 20.3. The smallest absolute Gasteiger partial charge is 0.262 e. The molecule has 0 aliphatic rings. The van der Waals surface area contributed by atoms with Gasteiger partial charge in [0.2, 0.25) is 0 Å². The van der Waals surface area contributed by atoms with E-state index in [4.69, 9.17) is 4.98 Å². The zero-order chi connectivity index (χ0) is 24.4. The predicted octanol–water partition coefficient (Wildman–Crippen LogP) is 6.54. The van der Waals surface area contributed by atoms with E-state index in [1.807, 2.05) is 72.2 Å². The normalized spacial score (nSPS) is 12.1. The summed E-state index contributed by atoms with van der Waals surface area (Å²) in [7, 11) is 2.07. The highest BCUT2D eigenvalue weighted by Gasteiger charge is 2.22. The van der Waals surface area contributed by atoms with Gasteiger partial charge in [0.25, 0.3) is 5.56 Å². The largest absolute Gasteiger partial charge is 0.368 e. The summed E-state index contributed by atoms with van der Waals surface area (Å²) in [5.41, 5.74) is 5.00. The lowest BCUT2D eigenvalue weighted by Gasteiger charge is -2.28. The fraction of sp³-hybridized carbons (Fsp3) is 0.161. The Balaban J connectivity index is 1.66. The van der Waals surface area contributed by atoms with E-state index in [1.54, 1.807) is 0 Å². The van der Waals surface area contributed by atoms with Gasteiger partial charge >= 0.3 is 0 Å². The van der Waals surface area contributed by atoms with Crippen molar-refractivity contribution in [3.05, 3.63) is 142 Å². The molecule has 0 unspecified atom stereocenters. The lowest BCUT2D eigenvalue weighted by Crippen LogP contribution is -2.30. The van der Waals surface area contributed by atoms with Crippen molar-refractivity contribution in [2.24, 2.45) is 0 Å². The molecule has 35 heavy (non-hydrogen) atoms. The molecule has 174 valence electrons. The van der Waals surface area contributed by atoms with Crippen LogP contribution in [0.3, 0.4) is 0 Å². The van der Waals surface area contributed by atoms with Gasteiger partial charge in [-0.25, -0.2) is 4.98 Å². The van der Waals surface area contributed by atoms with Gasteiger partial charge < -0.3 is 4.90 Å². The number of anilines is 1. The Bertz CT molecular complexity index is 1460. The highest BCUT2D eigenvalue weighted by atomic mass is 16.1. The quantitative estimate of drug-likeness (QED) is 0.289. The van der Waals surface area contributed by atoms with Crippen molar-refractivity contribution < 1.29 is 0 Å². The number of hydrogen-bond acceptors (Lipinski definition) is 3. The number of aryl methyl sites for hydroxylation is 1. The second-order valence-corrected chi connectivity index (χ2v) is 8.96. The summed E-state index contributed by atoms with van der Waals surface area (Å²) in [6, 6.07) is 36.6. The van der Waals surface area contributed by atoms with E-state index in [0.29, 0.717) is 16.7 Å². The van der Waals surface area contributed by atoms with Crippen molar-refractivity contribution in [1.29, 1.82) is 0 Å². The number of fused-ring (bicyclic) bond motifs is 1. The van der Waals surface area contributed by atoms with Gasteiger partial charge in [-0.3, -0.25) is 9.36 Å². The fourth-order valence-electron chi connectivity index (χ4n) is 4.76. The standard InChI is InChI=1S/C31H29N3O/c1-22(24-13-7-4-8-14-24)33(3)27-19-20-29-28(21-27)31(35)34(23(2)32-29)30(25-15-9-5-10-16-25)26-17-11-6-12-18-26/h4-22,30H,1-3H3/t22-/m0/s1. The fourth-order valence-corrected chi connectivity index (χ4v) is 4.76. The number of hydrogen-bond donors (Lipinski definition) is 0. The van der Waals surface area contributed by atoms with Crippen LogP contribution in [0.2, 0.25) is 0 Å². The van der Waals surface area contributed by atoms with Gasteiger partial charge in [0.05, 0.1) is 23.0 Å². The van der Waals surface area contributed by atoms with E-state index in [2.05, 4.69) is 67.4 Å². The van der Waals surface area contributed by atoms with Crippen molar-refractivity contribution in [3.63, 3.8) is 0 Å². The van der Waals surface area contributed by atoms with Gasteiger partial charge in [-0.1, -0.05) is 91.0 Å². The second-order valence-electron chi connectivity index (χ2n) is 8.96. The van der Waals surface area contributed by atoms with Crippen molar-refractivity contribution in [3.8, 4) is 0 Å². The van der Waals surface area contributed by atoms with Gasteiger partial charge in [-0.05, 0) is 48.7 Å². The topological polar surface area (TPSA) is 38.1 Å². The summed E-state index contributed by atoms with van der Waals surface area (Å²) in [4.78, 5) is 21.1. The third-order valence-electron chi connectivity index (χ3n) is 6.82. The van der Waals surface area contributed by atoms with Gasteiger partial charge in [0.1, 0.15) is 5.82 Å². The molecule has 0 fully saturated rings. The number of benzene rings is 4. The molecular weight excluding hydrogens is 430 g/mol. The highest BCUT2D eigenvalue weighted by Crippen LogP contribution is 2.29. The molecule has 0 amide bonds. The molecule has 1 heterocycles. The van der Waals surface area contributed by atoms with Crippen molar-refractivity contribution in [1.82, 2.24) is 9.55 Å². The molecular formula is C31H29N3O. The highest BCUT2D eigenvalue weighted by molar-refractivity contribution is 5.82. The van der Waals surface area contributed by atoms with Crippen LogP contribution < -0.4 is 10.5 Å². The summed E-state index contributed by atoms with van der Waals surface area (Å²) in [6.45, 7) is 4.09. The Kier molecular flexibility index (Phi) is 6.19. The van der Waals surface area contributed by atoms with Crippen LogP contribution in [0.5, 0.6) is 0 Å². The van der Waals surface area contributed by atoms with E-state index >= 15 is 0 Å². The Hall–Kier alpha value is -4.18. The van der Waals surface area contributed by atoms with Crippen molar-refractivity contribution in [2.75, 3.05) is 11.9 Å². The third-order valence-corrected chi connectivity index (χ3v) is 6.82. The Morgan fingerprint density at radius 2 is 1.26 bits per heavy atom. The van der Waals surface area contributed by atoms with Crippen LogP contribution >= 0.6 is 0 Å². The molecule has 4 aromatic carbocycles. The monoisotopic (exact) mass is 459 g/mol. The second kappa shape index (κ2) is 9.59. The average molecular weight is 460 g/mol. The molecule has 0 spiro atoms. The van der Waals surface area contributed by atoms with Crippen LogP contribution in [0.4, 0.5) is 5.69 Å². The number of aromatic nitrogens is 2. The first-order valence-electron chi connectivity index (χ1n) is 11.9. The molecule has 1 atom stereocenters. The molecule has 4 heteroatoms. The van der Waals surface area contributed by atoms with E-state index < -0.39 is 0 Å². The number of rotatable bonds is 6. The predicted molar refractivity (Wildman–Crippen MR) is 144 cm³/mol. The summed E-state index contributed by atoms with van der Waals surface area (Å²) < 4.78 is 1.83. The van der Waals surface area contributed by atoms with Gasteiger partial charge in [-0.15, -0.1) is 0 Å². The first-order chi connectivity index (χ1) is 17.0. The minimum atomic E-state index is -0.258. The number of nitrogens with zero attached hydrogens (tertiary/aromatic N) is 3. The maximum atomic E-state index is 14.1. The van der Waals surface area contributed by atoms with E-state index in [0.717, 1.165) is 16.8 Å². The lowest BCUT2D eigenvalue weighted by molar-refractivity contribution is 0.619. The molecule has 1 aromatic heterocycles. The summed E-state index contributed by atoms with van der Waals surface area (Å²) in [6.07, 6.45) is 0. The zero-order valence-corrected chi connectivity index (χ0v) is 20.3. The summed E-state index contributed by atoms with van der Waals surface area (Å²) in [5.74, 6) is 0.693. The van der Waals surface area contributed by atoms with Crippen LogP contribution in [0.15, 0.2) is 114 Å². The van der Waals surface area contributed by atoms with Crippen molar-refractivity contribution >= 4 is 16.6 Å². The van der Waals surface area contributed by atoms with Gasteiger partial charge in [0.15, 0.2) is 0 Å². The molecule has 0 aliphatic carbocycles. The molecule has 0 saturated heterocycles. The van der Waals surface area contributed by atoms with Crippen LogP contribution in [-0.2, 0) is 0 Å². The van der Waals surface area contributed by atoms with Crippen molar-refractivity contribution in [2.45, 2.75) is 25.9 Å². The minimum absolute atomic E-state index is 0.0344. The average Bonchev–Trinajstić information content (AvgIpc) is 2.91. The van der Waals surface area contributed by atoms with Gasteiger partial charge in [0, 0.05) is 12.7 Å². The third kappa shape index (κ3) is 4.35. The first-order valence-corrected chi connectivity index (χ1v) is 11.9. The first kappa shape index (κ1) is 22.6. The molecule has 0 aliphatic heterocycles. The minimum Gasteiger partial charge on any atom is -0.368 e. The molecule has 4 nitrogen and oxygen atoms in total. The van der Waals surface area contributed by atoms with Gasteiger partial charge in [-0.2, -0.15) is 0 Å². The maximum absolute atomic E-state index is 14.1. The summed E-state index contributed by atoms with van der Waals surface area (Å²) in [5, 5.41) is 0.622. The molecule has 0 radical (unpaired) electrons. The maximum Gasteiger partial charge on any atom is 0.262 e. The van der Waals surface area contributed by atoms with E-state index in [-0.39, 0.29) is 17.6 Å². The SMILES string of the molecule is Cc1nc2ccc(N(C)[C@@H](C)c3ccccc3)cc2c(=O)n1C(c1ccccc1)c1ccccc1. The van der Waals surface area contributed by atoms with Crippen LogP contribution in [0, 0.1) is 6.92 Å². The molecule has 0 bridgehead atoms. The Morgan fingerprint density at radius 3 is 1.80 bits per heavy atom. The molecule has 0 saturated carbocycles. The summed E-state index contributed by atoms with van der Waals surface area (Å²) >= 11 is 0. The molecule has 5 rings (SSSR count). The Labute approximate surface area is 206 Å². The molecule has 0 N–H and O–H groups in total. The Morgan fingerprint density at radius 1 is 0.743 bits per heavy atom. The van der Waals surface area contributed by atoms with E-state index in [1.165, 1.54) is 5.56 Å². The lowest BCUT2D eigenvalue weighted by atomic mass is 9.98. The molecule has 5 aromatic rings.